The fourth-order valence-corrected chi connectivity index (χ4v) is 3.67. The monoisotopic (exact) mass is 395 g/mol. The lowest BCUT2D eigenvalue weighted by Gasteiger charge is -2.09. The topological polar surface area (TPSA) is 54.9 Å². The molecule has 2 heterocycles. The van der Waals surface area contributed by atoms with E-state index >= 15 is 0 Å². The van der Waals surface area contributed by atoms with E-state index in [0.29, 0.717) is 12.1 Å². The SMILES string of the molecule is O=C(NCCc1ccncc1)c1cccnc1SCCCc1ccc(F)cc1. The van der Waals surface area contributed by atoms with Crippen LogP contribution in [0.3, 0.4) is 0 Å². The van der Waals surface area contributed by atoms with E-state index in [9.17, 15) is 9.18 Å². The molecule has 1 aromatic carbocycles. The van der Waals surface area contributed by atoms with Crippen LogP contribution in [0.25, 0.3) is 0 Å². The molecule has 0 spiro atoms. The molecule has 4 nitrogen and oxygen atoms in total. The Labute approximate surface area is 168 Å². The molecule has 0 unspecified atom stereocenters. The molecule has 28 heavy (non-hydrogen) atoms. The van der Waals surface area contributed by atoms with Crippen LogP contribution in [0.4, 0.5) is 4.39 Å². The van der Waals surface area contributed by atoms with Crippen molar-refractivity contribution in [1.29, 1.82) is 0 Å². The average molecular weight is 396 g/mol. The number of rotatable bonds is 9. The number of benzene rings is 1. The fraction of sp³-hybridized carbons (Fsp3) is 0.227. The normalized spacial score (nSPS) is 10.6. The van der Waals surface area contributed by atoms with E-state index in [1.54, 1.807) is 42.5 Å². The maximum absolute atomic E-state index is 12.9. The van der Waals surface area contributed by atoms with Gasteiger partial charge in [0, 0.05) is 25.1 Å². The first-order chi connectivity index (χ1) is 13.7. The molecular weight excluding hydrogens is 373 g/mol. The standard InChI is InChI=1S/C22H22FN3OS/c23-19-7-5-17(6-8-19)3-2-16-28-22-20(4-1-12-26-22)21(27)25-15-11-18-9-13-24-14-10-18/h1,4-10,12-14H,2-3,11,15-16H2,(H,25,27). The predicted octanol–water partition coefficient (Wildman–Crippen LogP) is 4.31. The summed E-state index contributed by atoms with van der Waals surface area (Å²) in [6, 6.07) is 14.0. The van der Waals surface area contributed by atoms with Gasteiger partial charge in [0.1, 0.15) is 10.8 Å². The number of hydrogen-bond acceptors (Lipinski definition) is 4. The van der Waals surface area contributed by atoms with Crippen LogP contribution in [0.2, 0.25) is 0 Å². The van der Waals surface area contributed by atoms with Crippen molar-refractivity contribution in [3.05, 3.63) is 89.6 Å². The lowest BCUT2D eigenvalue weighted by atomic mass is 10.1. The number of nitrogens with one attached hydrogen (secondary N) is 1. The lowest BCUT2D eigenvalue weighted by molar-refractivity contribution is 0.0950. The molecule has 0 saturated heterocycles. The van der Waals surface area contributed by atoms with E-state index in [1.807, 2.05) is 24.3 Å². The van der Waals surface area contributed by atoms with Gasteiger partial charge in [-0.25, -0.2) is 9.37 Å². The second kappa shape index (κ2) is 10.6. The van der Waals surface area contributed by atoms with Gasteiger partial charge < -0.3 is 5.32 Å². The van der Waals surface area contributed by atoms with Crippen LogP contribution in [-0.2, 0) is 12.8 Å². The summed E-state index contributed by atoms with van der Waals surface area (Å²) in [4.78, 5) is 20.9. The molecule has 1 N–H and O–H groups in total. The fourth-order valence-electron chi connectivity index (χ4n) is 2.74. The zero-order valence-corrected chi connectivity index (χ0v) is 16.3. The molecule has 0 atom stereocenters. The molecule has 2 aromatic heterocycles. The Hall–Kier alpha value is -2.73. The minimum atomic E-state index is -0.216. The molecule has 3 rings (SSSR count). The molecule has 0 saturated carbocycles. The zero-order chi connectivity index (χ0) is 19.6. The molecule has 0 radical (unpaired) electrons. The minimum Gasteiger partial charge on any atom is -0.352 e. The highest BCUT2D eigenvalue weighted by molar-refractivity contribution is 7.99. The summed E-state index contributed by atoms with van der Waals surface area (Å²) in [6.45, 7) is 0.562. The smallest absolute Gasteiger partial charge is 0.254 e. The van der Waals surface area contributed by atoms with Gasteiger partial charge in [-0.05, 0) is 72.5 Å². The first-order valence-corrected chi connectivity index (χ1v) is 10.2. The average Bonchev–Trinajstić information content (AvgIpc) is 2.73. The van der Waals surface area contributed by atoms with Gasteiger partial charge >= 0.3 is 0 Å². The lowest BCUT2D eigenvalue weighted by Crippen LogP contribution is -2.26. The third-order valence-electron chi connectivity index (χ3n) is 4.23. The van der Waals surface area contributed by atoms with Crippen molar-refractivity contribution in [2.75, 3.05) is 12.3 Å². The number of thioether (sulfide) groups is 1. The van der Waals surface area contributed by atoms with Gasteiger partial charge in [-0.1, -0.05) is 12.1 Å². The number of amides is 1. The Morgan fingerprint density at radius 2 is 1.71 bits per heavy atom. The van der Waals surface area contributed by atoms with E-state index in [1.165, 1.54) is 12.1 Å². The highest BCUT2D eigenvalue weighted by atomic mass is 32.2. The van der Waals surface area contributed by atoms with Crippen molar-refractivity contribution in [3.63, 3.8) is 0 Å². The largest absolute Gasteiger partial charge is 0.352 e. The Balaban J connectivity index is 1.47. The van der Waals surface area contributed by atoms with Crippen LogP contribution in [0, 0.1) is 5.82 Å². The number of hydrogen-bond donors (Lipinski definition) is 1. The number of nitrogens with zero attached hydrogens (tertiary/aromatic N) is 2. The van der Waals surface area contributed by atoms with Crippen molar-refractivity contribution in [2.45, 2.75) is 24.3 Å². The predicted molar refractivity (Wildman–Crippen MR) is 110 cm³/mol. The van der Waals surface area contributed by atoms with Crippen molar-refractivity contribution in [3.8, 4) is 0 Å². The van der Waals surface area contributed by atoms with Crippen LogP contribution in [0.1, 0.15) is 27.9 Å². The summed E-state index contributed by atoms with van der Waals surface area (Å²) in [5, 5.41) is 3.70. The Morgan fingerprint density at radius 1 is 0.964 bits per heavy atom. The maximum Gasteiger partial charge on any atom is 0.254 e. The van der Waals surface area contributed by atoms with Gasteiger partial charge in [-0.2, -0.15) is 0 Å². The quantitative estimate of drug-likeness (QED) is 0.433. The van der Waals surface area contributed by atoms with Gasteiger partial charge in [-0.3, -0.25) is 9.78 Å². The second-order valence-electron chi connectivity index (χ2n) is 6.30. The molecule has 0 aliphatic heterocycles. The van der Waals surface area contributed by atoms with Crippen molar-refractivity contribution < 1.29 is 9.18 Å². The van der Waals surface area contributed by atoms with E-state index in [0.717, 1.165) is 41.2 Å². The number of aromatic nitrogens is 2. The van der Waals surface area contributed by atoms with Gasteiger partial charge in [0.05, 0.1) is 5.56 Å². The van der Waals surface area contributed by atoms with Gasteiger partial charge in [0.15, 0.2) is 0 Å². The van der Waals surface area contributed by atoms with Crippen LogP contribution in [-0.4, -0.2) is 28.2 Å². The van der Waals surface area contributed by atoms with Crippen LogP contribution in [0.5, 0.6) is 0 Å². The molecule has 3 aromatic rings. The van der Waals surface area contributed by atoms with Crippen LogP contribution in [0.15, 0.2) is 72.1 Å². The first-order valence-electron chi connectivity index (χ1n) is 9.22. The molecule has 1 amide bonds. The summed E-state index contributed by atoms with van der Waals surface area (Å²) in [6.07, 6.45) is 7.76. The van der Waals surface area contributed by atoms with E-state index < -0.39 is 0 Å². The molecule has 144 valence electrons. The van der Waals surface area contributed by atoms with E-state index in [-0.39, 0.29) is 11.7 Å². The van der Waals surface area contributed by atoms with Crippen molar-refractivity contribution in [2.24, 2.45) is 0 Å². The third-order valence-corrected chi connectivity index (χ3v) is 5.32. The third kappa shape index (κ3) is 6.16. The number of pyridine rings is 2. The summed E-state index contributed by atoms with van der Waals surface area (Å²) in [7, 11) is 0. The molecule has 0 bridgehead atoms. The van der Waals surface area contributed by atoms with Crippen LogP contribution < -0.4 is 5.32 Å². The highest BCUT2D eigenvalue weighted by Crippen LogP contribution is 2.21. The second-order valence-corrected chi connectivity index (χ2v) is 7.38. The van der Waals surface area contributed by atoms with E-state index in [2.05, 4.69) is 15.3 Å². The van der Waals surface area contributed by atoms with Crippen molar-refractivity contribution in [1.82, 2.24) is 15.3 Å². The number of carbonyl (C=O) groups excluding carboxylic acids is 1. The molecule has 0 aliphatic rings. The summed E-state index contributed by atoms with van der Waals surface area (Å²) in [5.41, 5.74) is 2.85. The van der Waals surface area contributed by atoms with Crippen molar-refractivity contribution >= 4 is 17.7 Å². The first kappa shape index (κ1) is 20.0. The zero-order valence-electron chi connectivity index (χ0n) is 15.5. The molecule has 0 aliphatic carbocycles. The Kier molecular flexibility index (Phi) is 7.55. The summed E-state index contributed by atoms with van der Waals surface area (Å²) in [5.74, 6) is 0.514. The summed E-state index contributed by atoms with van der Waals surface area (Å²) < 4.78 is 12.9. The molecule has 6 heteroatoms. The Morgan fingerprint density at radius 3 is 2.50 bits per heavy atom. The molecular formula is C22H22FN3OS. The highest BCUT2D eigenvalue weighted by Gasteiger charge is 2.12. The van der Waals surface area contributed by atoms with Crippen LogP contribution >= 0.6 is 11.8 Å². The Bertz CT molecular complexity index is 888. The number of halogens is 1. The summed E-state index contributed by atoms with van der Waals surface area (Å²) >= 11 is 1.57. The van der Waals surface area contributed by atoms with Gasteiger partial charge in [0.25, 0.3) is 5.91 Å². The maximum atomic E-state index is 12.9. The number of carbonyl (C=O) groups is 1. The van der Waals surface area contributed by atoms with Gasteiger partial charge in [0.2, 0.25) is 0 Å². The van der Waals surface area contributed by atoms with Gasteiger partial charge in [-0.15, -0.1) is 11.8 Å². The molecule has 0 fully saturated rings. The minimum absolute atomic E-state index is 0.108. The number of aryl methyl sites for hydroxylation is 1. The van der Waals surface area contributed by atoms with E-state index in [4.69, 9.17) is 0 Å².